The standard InChI is InChI=1S/C15H26ClN3O/c1-5-7-12-18-13(16)11(2)14(19-12)17-10-15(3,4)8-6-9-20/h20H,5-10H2,1-4H3,(H,17,18,19). The molecule has 0 amide bonds. The van der Waals surface area contributed by atoms with Crippen LogP contribution < -0.4 is 5.32 Å². The van der Waals surface area contributed by atoms with Gasteiger partial charge < -0.3 is 10.4 Å². The molecule has 0 fully saturated rings. The van der Waals surface area contributed by atoms with E-state index in [2.05, 4.69) is 36.1 Å². The molecule has 0 bridgehead atoms. The number of aliphatic hydroxyl groups excluding tert-OH is 1. The van der Waals surface area contributed by atoms with Crippen molar-refractivity contribution in [2.45, 2.75) is 53.4 Å². The van der Waals surface area contributed by atoms with Crippen LogP contribution in [0, 0.1) is 12.3 Å². The normalized spacial score (nSPS) is 11.7. The minimum Gasteiger partial charge on any atom is -0.396 e. The van der Waals surface area contributed by atoms with Gasteiger partial charge >= 0.3 is 0 Å². The van der Waals surface area contributed by atoms with E-state index >= 15 is 0 Å². The van der Waals surface area contributed by atoms with Crippen LogP contribution in [0.25, 0.3) is 0 Å². The molecule has 0 aromatic carbocycles. The minimum atomic E-state index is 0.109. The fraction of sp³-hybridized carbons (Fsp3) is 0.733. The average Bonchev–Trinajstić information content (AvgIpc) is 2.39. The third kappa shape index (κ3) is 5.25. The summed E-state index contributed by atoms with van der Waals surface area (Å²) in [7, 11) is 0. The van der Waals surface area contributed by atoms with E-state index in [-0.39, 0.29) is 12.0 Å². The lowest BCUT2D eigenvalue weighted by Gasteiger charge is -2.25. The maximum atomic E-state index is 8.93. The molecule has 0 aliphatic rings. The first kappa shape index (κ1) is 17.2. The molecule has 114 valence electrons. The van der Waals surface area contributed by atoms with E-state index in [4.69, 9.17) is 16.7 Å². The molecule has 2 N–H and O–H groups in total. The van der Waals surface area contributed by atoms with Crippen LogP contribution in [0.4, 0.5) is 5.82 Å². The van der Waals surface area contributed by atoms with Gasteiger partial charge in [0, 0.05) is 25.1 Å². The number of aliphatic hydroxyl groups is 1. The first-order chi connectivity index (χ1) is 9.39. The van der Waals surface area contributed by atoms with Crippen molar-refractivity contribution in [3.05, 3.63) is 16.5 Å². The van der Waals surface area contributed by atoms with Gasteiger partial charge in [-0.05, 0) is 31.6 Å². The Hall–Kier alpha value is -0.870. The van der Waals surface area contributed by atoms with Crippen molar-refractivity contribution in [1.82, 2.24) is 9.97 Å². The summed E-state index contributed by atoms with van der Waals surface area (Å²) in [6, 6.07) is 0. The Kier molecular flexibility index (Phi) is 6.69. The van der Waals surface area contributed by atoms with Crippen LogP contribution in [0.1, 0.15) is 51.4 Å². The lowest BCUT2D eigenvalue weighted by Crippen LogP contribution is -2.24. The van der Waals surface area contributed by atoms with E-state index in [0.717, 1.165) is 49.4 Å². The minimum absolute atomic E-state index is 0.109. The van der Waals surface area contributed by atoms with E-state index in [1.54, 1.807) is 0 Å². The maximum Gasteiger partial charge on any atom is 0.137 e. The van der Waals surface area contributed by atoms with Gasteiger partial charge in [-0.25, -0.2) is 9.97 Å². The monoisotopic (exact) mass is 299 g/mol. The molecule has 0 spiro atoms. The quantitative estimate of drug-likeness (QED) is 0.720. The fourth-order valence-corrected chi connectivity index (χ4v) is 2.20. The predicted molar refractivity (Wildman–Crippen MR) is 84.4 cm³/mol. The highest BCUT2D eigenvalue weighted by Crippen LogP contribution is 2.25. The predicted octanol–water partition coefficient (Wildman–Crippen LogP) is 3.60. The molecule has 20 heavy (non-hydrogen) atoms. The molecular formula is C15H26ClN3O. The maximum absolute atomic E-state index is 8.93. The van der Waals surface area contributed by atoms with Gasteiger partial charge in [0.15, 0.2) is 0 Å². The zero-order chi connectivity index (χ0) is 15.2. The molecule has 0 radical (unpaired) electrons. The van der Waals surface area contributed by atoms with Crippen molar-refractivity contribution in [3.8, 4) is 0 Å². The molecule has 5 heteroatoms. The van der Waals surface area contributed by atoms with Crippen LogP contribution in [-0.2, 0) is 6.42 Å². The molecule has 1 aromatic rings. The molecule has 0 saturated carbocycles. The molecule has 0 aliphatic carbocycles. The van der Waals surface area contributed by atoms with E-state index in [0.29, 0.717) is 5.15 Å². The molecule has 1 heterocycles. The van der Waals surface area contributed by atoms with Crippen molar-refractivity contribution in [1.29, 1.82) is 0 Å². The highest BCUT2D eigenvalue weighted by atomic mass is 35.5. The molecule has 0 saturated heterocycles. The van der Waals surface area contributed by atoms with Gasteiger partial charge in [-0.1, -0.05) is 32.4 Å². The smallest absolute Gasteiger partial charge is 0.137 e. The SMILES string of the molecule is CCCc1nc(Cl)c(C)c(NCC(C)(C)CCCO)n1. The Morgan fingerprint density at radius 1 is 1.30 bits per heavy atom. The van der Waals surface area contributed by atoms with Gasteiger partial charge in [0.2, 0.25) is 0 Å². The van der Waals surface area contributed by atoms with Crippen molar-refractivity contribution in [2.75, 3.05) is 18.5 Å². The average molecular weight is 300 g/mol. The van der Waals surface area contributed by atoms with Gasteiger partial charge in [0.05, 0.1) is 0 Å². The Bertz CT molecular complexity index is 435. The van der Waals surface area contributed by atoms with E-state index in [9.17, 15) is 0 Å². The molecule has 0 atom stereocenters. The fourth-order valence-electron chi connectivity index (χ4n) is 2.01. The largest absolute Gasteiger partial charge is 0.396 e. The van der Waals surface area contributed by atoms with Crippen molar-refractivity contribution in [2.24, 2.45) is 5.41 Å². The van der Waals surface area contributed by atoms with Gasteiger partial charge in [0.1, 0.15) is 16.8 Å². The molecule has 4 nitrogen and oxygen atoms in total. The Labute approximate surface area is 127 Å². The van der Waals surface area contributed by atoms with Gasteiger partial charge in [-0.15, -0.1) is 0 Å². The highest BCUT2D eigenvalue weighted by molar-refractivity contribution is 6.30. The summed E-state index contributed by atoms with van der Waals surface area (Å²) < 4.78 is 0. The number of aromatic nitrogens is 2. The zero-order valence-corrected chi connectivity index (χ0v) is 13.7. The first-order valence-corrected chi connectivity index (χ1v) is 7.65. The van der Waals surface area contributed by atoms with Crippen molar-refractivity contribution in [3.63, 3.8) is 0 Å². The molecule has 0 aliphatic heterocycles. The number of anilines is 1. The van der Waals surface area contributed by atoms with Gasteiger partial charge in [-0.3, -0.25) is 0 Å². The topological polar surface area (TPSA) is 58.0 Å². The second kappa shape index (κ2) is 7.79. The van der Waals surface area contributed by atoms with Crippen LogP contribution in [0.2, 0.25) is 5.15 Å². The second-order valence-corrected chi connectivity index (χ2v) is 6.36. The number of rotatable bonds is 8. The molecule has 0 unspecified atom stereocenters. The lowest BCUT2D eigenvalue weighted by molar-refractivity contribution is 0.248. The Morgan fingerprint density at radius 2 is 2.00 bits per heavy atom. The molecule has 1 rings (SSSR count). The number of hydrogen-bond donors (Lipinski definition) is 2. The zero-order valence-electron chi connectivity index (χ0n) is 13.0. The third-order valence-electron chi connectivity index (χ3n) is 3.35. The third-order valence-corrected chi connectivity index (χ3v) is 3.72. The summed E-state index contributed by atoms with van der Waals surface area (Å²) in [5, 5.41) is 12.8. The number of nitrogens with zero attached hydrogens (tertiary/aromatic N) is 2. The van der Waals surface area contributed by atoms with Gasteiger partial charge in [-0.2, -0.15) is 0 Å². The van der Waals surface area contributed by atoms with Crippen LogP contribution >= 0.6 is 11.6 Å². The highest BCUT2D eigenvalue weighted by Gasteiger charge is 2.18. The van der Waals surface area contributed by atoms with E-state index in [1.807, 2.05) is 6.92 Å². The van der Waals surface area contributed by atoms with Crippen molar-refractivity contribution < 1.29 is 5.11 Å². The molecule has 1 aromatic heterocycles. The number of aryl methyl sites for hydroxylation is 1. The Balaban J connectivity index is 2.76. The summed E-state index contributed by atoms with van der Waals surface area (Å²) in [6.07, 6.45) is 3.62. The van der Waals surface area contributed by atoms with Crippen LogP contribution in [0.3, 0.4) is 0 Å². The van der Waals surface area contributed by atoms with Crippen molar-refractivity contribution >= 4 is 17.4 Å². The van der Waals surface area contributed by atoms with Gasteiger partial charge in [0.25, 0.3) is 0 Å². The first-order valence-electron chi connectivity index (χ1n) is 7.27. The van der Waals surface area contributed by atoms with E-state index < -0.39 is 0 Å². The second-order valence-electron chi connectivity index (χ2n) is 6.00. The summed E-state index contributed by atoms with van der Waals surface area (Å²) >= 11 is 6.16. The summed E-state index contributed by atoms with van der Waals surface area (Å²) in [4.78, 5) is 8.85. The van der Waals surface area contributed by atoms with Crippen LogP contribution in [-0.4, -0.2) is 28.2 Å². The van der Waals surface area contributed by atoms with Crippen LogP contribution in [0.5, 0.6) is 0 Å². The number of nitrogens with one attached hydrogen (secondary N) is 1. The summed E-state index contributed by atoms with van der Waals surface area (Å²) in [6.45, 7) is 9.43. The van der Waals surface area contributed by atoms with Crippen LogP contribution in [0.15, 0.2) is 0 Å². The number of halogens is 1. The summed E-state index contributed by atoms with van der Waals surface area (Å²) in [5.74, 6) is 1.62. The number of hydrogen-bond acceptors (Lipinski definition) is 4. The molecular weight excluding hydrogens is 274 g/mol. The Morgan fingerprint density at radius 3 is 2.60 bits per heavy atom. The lowest BCUT2D eigenvalue weighted by atomic mass is 9.88. The summed E-state index contributed by atoms with van der Waals surface area (Å²) in [5.41, 5.74) is 1.00. The van der Waals surface area contributed by atoms with E-state index in [1.165, 1.54) is 0 Å².